The summed E-state index contributed by atoms with van der Waals surface area (Å²) in [4.78, 5) is 4.50. The van der Waals surface area contributed by atoms with E-state index in [1.165, 1.54) is 22.3 Å². The largest absolute Gasteiger partial charge is 0.394 e. The van der Waals surface area contributed by atoms with Gasteiger partial charge < -0.3 is 15.7 Å². The van der Waals surface area contributed by atoms with Crippen molar-refractivity contribution in [1.82, 2.24) is 4.98 Å². The molecule has 0 fully saturated rings. The molecule has 0 aliphatic heterocycles. The molecule has 0 aliphatic rings. The summed E-state index contributed by atoms with van der Waals surface area (Å²) in [5.74, 6) is 0.757. The fraction of sp³-hybridized carbons (Fsp3) is 0.292. The van der Waals surface area contributed by atoms with Crippen LogP contribution in [0.4, 0.5) is 11.5 Å². The molecule has 0 bridgehead atoms. The molecule has 1 heterocycles. The Labute approximate surface area is 167 Å². The molecular formula is C24H29N3O. The van der Waals surface area contributed by atoms with E-state index in [-0.39, 0.29) is 18.7 Å². The Bertz CT molecular complexity index is 875. The zero-order valence-corrected chi connectivity index (χ0v) is 16.8. The molecule has 1 aromatic heterocycles. The van der Waals surface area contributed by atoms with Gasteiger partial charge in [-0.1, -0.05) is 59.7 Å². The fourth-order valence-corrected chi connectivity index (χ4v) is 3.17. The maximum absolute atomic E-state index is 9.87. The summed E-state index contributed by atoms with van der Waals surface area (Å²) in [6.07, 6.45) is 2.50. The van der Waals surface area contributed by atoms with Crippen molar-refractivity contribution in [2.75, 3.05) is 17.2 Å². The van der Waals surface area contributed by atoms with Crippen LogP contribution in [-0.2, 0) is 6.42 Å². The maximum Gasteiger partial charge on any atom is 0.149 e. The van der Waals surface area contributed by atoms with Gasteiger partial charge in [0.15, 0.2) is 0 Å². The number of anilines is 2. The number of nitrogens with one attached hydrogen (secondary N) is 2. The summed E-state index contributed by atoms with van der Waals surface area (Å²) in [6.45, 7) is 6.34. The van der Waals surface area contributed by atoms with E-state index < -0.39 is 0 Å². The minimum Gasteiger partial charge on any atom is -0.394 e. The van der Waals surface area contributed by atoms with Gasteiger partial charge in [0.1, 0.15) is 5.82 Å². The van der Waals surface area contributed by atoms with E-state index in [0.29, 0.717) is 0 Å². The highest BCUT2D eigenvalue weighted by atomic mass is 16.3. The van der Waals surface area contributed by atoms with Gasteiger partial charge in [0.25, 0.3) is 0 Å². The smallest absolute Gasteiger partial charge is 0.149 e. The zero-order chi connectivity index (χ0) is 19.9. The molecular weight excluding hydrogens is 346 g/mol. The molecule has 3 aromatic rings. The van der Waals surface area contributed by atoms with Crippen LogP contribution < -0.4 is 10.6 Å². The lowest BCUT2D eigenvalue weighted by atomic mass is 10.0. The Hall–Kier alpha value is -2.85. The number of hydrogen-bond acceptors (Lipinski definition) is 4. The topological polar surface area (TPSA) is 57.2 Å². The maximum atomic E-state index is 9.87. The van der Waals surface area contributed by atoms with Crippen molar-refractivity contribution in [2.45, 2.75) is 39.3 Å². The van der Waals surface area contributed by atoms with E-state index in [9.17, 15) is 5.11 Å². The SMILES string of the molecule is Cc1ccc(CC(CO)Nc2ncccc2NC(C)c2ccc(C)cc2)cc1. The van der Waals surface area contributed by atoms with Crippen LogP contribution in [0.5, 0.6) is 0 Å². The lowest BCUT2D eigenvalue weighted by molar-refractivity contribution is 0.273. The average Bonchev–Trinajstić information content (AvgIpc) is 2.71. The molecule has 0 saturated carbocycles. The minimum atomic E-state index is -0.104. The van der Waals surface area contributed by atoms with Crippen LogP contribution in [0.2, 0.25) is 0 Å². The average molecular weight is 376 g/mol. The van der Waals surface area contributed by atoms with Crippen LogP contribution in [-0.4, -0.2) is 22.7 Å². The summed E-state index contributed by atoms with van der Waals surface area (Å²) in [6, 6.07) is 20.9. The monoisotopic (exact) mass is 375 g/mol. The van der Waals surface area contributed by atoms with Crippen LogP contribution in [0, 0.1) is 13.8 Å². The minimum absolute atomic E-state index is 0.0391. The van der Waals surface area contributed by atoms with Crippen molar-refractivity contribution in [3.63, 3.8) is 0 Å². The lowest BCUT2D eigenvalue weighted by Crippen LogP contribution is -2.27. The third kappa shape index (κ3) is 5.33. The first-order valence-electron chi connectivity index (χ1n) is 9.76. The molecule has 2 unspecified atom stereocenters. The number of aliphatic hydroxyl groups is 1. The van der Waals surface area contributed by atoms with E-state index in [4.69, 9.17) is 0 Å². The molecule has 3 rings (SSSR count). The molecule has 4 heteroatoms. The van der Waals surface area contributed by atoms with E-state index in [0.717, 1.165) is 17.9 Å². The number of aryl methyl sites for hydroxylation is 2. The van der Waals surface area contributed by atoms with Crippen molar-refractivity contribution in [3.8, 4) is 0 Å². The molecule has 0 aliphatic carbocycles. The van der Waals surface area contributed by atoms with Gasteiger partial charge in [-0.05, 0) is 50.5 Å². The van der Waals surface area contributed by atoms with Gasteiger partial charge in [0.2, 0.25) is 0 Å². The highest BCUT2D eigenvalue weighted by molar-refractivity contribution is 5.65. The molecule has 2 atom stereocenters. The molecule has 146 valence electrons. The van der Waals surface area contributed by atoms with Gasteiger partial charge in [-0.25, -0.2) is 4.98 Å². The van der Waals surface area contributed by atoms with Crippen molar-refractivity contribution in [1.29, 1.82) is 0 Å². The summed E-state index contributed by atoms with van der Waals surface area (Å²) < 4.78 is 0. The second-order valence-electron chi connectivity index (χ2n) is 7.39. The van der Waals surface area contributed by atoms with Crippen molar-refractivity contribution in [2.24, 2.45) is 0 Å². The van der Waals surface area contributed by atoms with Gasteiger partial charge >= 0.3 is 0 Å². The van der Waals surface area contributed by atoms with Crippen LogP contribution in [0.25, 0.3) is 0 Å². The molecule has 0 radical (unpaired) electrons. The molecule has 0 spiro atoms. The van der Waals surface area contributed by atoms with Crippen LogP contribution in [0.15, 0.2) is 66.9 Å². The first-order chi connectivity index (χ1) is 13.5. The fourth-order valence-electron chi connectivity index (χ4n) is 3.17. The Kier molecular flexibility index (Phi) is 6.66. The summed E-state index contributed by atoms with van der Waals surface area (Å²) in [5, 5.41) is 16.8. The van der Waals surface area contributed by atoms with Gasteiger partial charge in [-0.15, -0.1) is 0 Å². The van der Waals surface area contributed by atoms with E-state index in [2.05, 4.69) is 84.9 Å². The quantitative estimate of drug-likeness (QED) is 0.525. The van der Waals surface area contributed by atoms with Crippen LogP contribution in [0.1, 0.15) is 35.2 Å². The summed E-state index contributed by atoms with van der Waals surface area (Å²) >= 11 is 0. The Morgan fingerprint density at radius 1 is 0.893 bits per heavy atom. The number of rotatable bonds is 8. The van der Waals surface area contributed by atoms with Crippen LogP contribution in [0.3, 0.4) is 0 Å². The predicted octanol–water partition coefficient (Wildman–Crippen LogP) is 4.89. The number of aromatic nitrogens is 1. The first kappa shape index (κ1) is 19.9. The van der Waals surface area contributed by atoms with Gasteiger partial charge in [-0.2, -0.15) is 0 Å². The third-order valence-corrected chi connectivity index (χ3v) is 4.92. The molecule has 0 amide bonds. The summed E-state index contributed by atoms with van der Waals surface area (Å²) in [7, 11) is 0. The first-order valence-corrected chi connectivity index (χ1v) is 9.76. The normalized spacial score (nSPS) is 13.0. The Balaban J connectivity index is 1.71. The summed E-state index contributed by atoms with van der Waals surface area (Å²) in [5.41, 5.74) is 5.83. The Morgan fingerprint density at radius 3 is 2.18 bits per heavy atom. The van der Waals surface area contributed by atoms with Gasteiger partial charge in [0, 0.05) is 12.2 Å². The number of aliphatic hydroxyl groups excluding tert-OH is 1. The third-order valence-electron chi connectivity index (χ3n) is 4.92. The second kappa shape index (κ2) is 9.38. The van der Waals surface area contributed by atoms with Gasteiger partial charge in [-0.3, -0.25) is 0 Å². The number of nitrogens with zero attached hydrogens (tertiary/aromatic N) is 1. The second-order valence-corrected chi connectivity index (χ2v) is 7.39. The standard InChI is InChI=1S/C24H29N3O/c1-17-6-10-20(11-7-17)15-22(16-28)27-24-23(5-4-14-25-24)26-19(3)21-12-8-18(2)9-13-21/h4-14,19,22,26,28H,15-16H2,1-3H3,(H,25,27). The molecule has 28 heavy (non-hydrogen) atoms. The van der Waals surface area contributed by atoms with E-state index in [1.54, 1.807) is 6.20 Å². The molecule has 0 saturated heterocycles. The van der Waals surface area contributed by atoms with Crippen molar-refractivity contribution in [3.05, 3.63) is 89.1 Å². The van der Waals surface area contributed by atoms with E-state index >= 15 is 0 Å². The van der Waals surface area contributed by atoms with Crippen molar-refractivity contribution >= 4 is 11.5 Å². The highest BCUT2D eigenvalue weighted by Gasteiger charge is 2.14. The number of pyridine rings is 1. The predicted molar refractivity (Wildman–Crippen MR) is 117 cm³/mol. The zero-order valence-electron chi connectivity index (χ0n) is 16.8. The Morgan fingerprint density at radius 2 is 1.54 bits per heavy atom. The molecule has 3 N–H and O–H groups in total. The highest BCUT2D eigenvalue weighted by Crippen LogP contribution is 2.25. The van der Waals surface area contributed by atoms with E-state index in [1.807, 2.05) is 12.1 Å². The van der Waals surface area contributed by atoms with Crippen LogP contribution >= 0.6 is 0 Å². The number of benzene rings is 2. The number of hydrogen-bond donors (Lipinski definition) is 3. The van der Waals surface area contributed by atoms with Crippen molar-refractivity contribution < 1.29 is 5.11 Å². The molecule has 2 aromatic carbocycles. The molecule has 4 nitrogen and oxygen atoms in total. The lowest BCUT2D eigenvalue weighted by Gasteiger charge is -2.22. The van der Waals surface area contributed by atoms with Gasteiger partial charge in [0.05, 0.1) is 18.3 Å².